The number of benzene rings is 2. The summed E-state index contributed by atoms with van der Waals surface area (Å²) in [4.78, 5) is 36.2. The fourth-order valence-electron chi connectivity index (χ4n) is 3.23. The molecule has 4 N–H and O–H groups in total. The summed E-state index contributed by atoms with van der Waals surface area (Å²) in [7, 11) is 0. The third-order valence-corrected chi connectivity index (χ3v) is 4.84. The molecule has 2 aromatic rings. The van der Waals surface area contributed by atoms with Crippen LogP contribution in [0, 0.1) is 5.92 Å². The smallest absolute Gasteiger partial charge is 0.305 e. The zero-order valence-corrected chi connectivity index (χ0v) is 17.0. The van der Waals surface area contributed by atoms with Gasteiger partial charge < -0.3 is 20.8 Å². The average Bonchev–Trinajstić information content (AvgIpc) is 2.70. The number of fused-ring (bicyclic) bond motifs is 1. The Balaban J connectivity index is 2.10. The van der Waals surface area contributed by atoms with E-state index >= 15 is 0 Å². The number of carbonyl (C=O) groups is 3. The van der Waals surface area contributed by atoms with E-state index < -0.39 is 43.2 Å². The number of nitrogens with one attached hydrogen (secondary N) is 2. The molecule has 0 spiro atoms. The van der Waals surface area contributed by atoms with Gasteiger partial charge in [-0.2, -0.15) is 0 Å². The molecule has 2 amide bonds. The molecule has 0 bridgehead atoms. The van der Waals surface area contributed by atoms with Crippen molar-refractivity contribution in [1.29, 1.82) is 0 Å². The van der Waals surface area contributed by atoms with Crippen LogP contribution in [-0.2, 0) is 20.8 Å². The van der Waals surface area contributed by atoms with Crippen LogP contribution in [0.3, 0.4) is 0 Å². The summed E-state index contributed by atoms with van der Waals surface area (Å²) in [6, 6.07) is 11.0. The molecule has 162 valence electrons. The highest BCUT2D eigenvalue weighted by Gasteiger charge is 2.30. The monoisotopic (exact) mass is 418 g/mol. The van der Waals surface area contributed by atoms with Crippen LogP contribution >= 0.6 is 0 Å². The molecule has 8 heteroatoms. The standard InChI is InChI=1S/C22H27FN2O5/c1-13(2)21(22(30)24-17(11-20(28)29)18(26)12-23)25-19(27)10-15-8-5-7-14-6-3-4-9-16(14)15/h3-9,13,17-18,21,26H,10-12H2,1-2H3,(H,24,30)(H,25,27)(H,28,29)/t17?,18?,21-/m0/s1. The zero-order valence-electron chi connectivity index (χ0n) is 17.0. The molecule has 0 heterocycles. The first-order chi connectivity index (χ1) is 14.2. The van der Waals surface area contributed by atoms with Crippen molar-refractivity contribution in [3.63, 3.8) is 0 Å². The van der Waals surface area contributed by atoms with Crippen LogP contribution in [0.5, 0.6) is 0 Å². The fraction of sp³-hybridized carbons (Fsp3) is 0.409. The maximum absolute atomic E-state index is 12.8. The van der Waals surface area contributed by atoms with Crippen molar-refractivity contribution in [3.8, 4) is 0 Å². The SMILES string of the molecule is CC(C)[C@H](NC(=O)Cc1cccc2ccccc12)C(=O)NC(CC(=O)O)C(O)CF. The van der Waals surface area contributed by atoms with Gasteiger partial charge in [-0.3, -0.25) is 14.4 Å². The van der Waals surface area contributed by atoms with Crippen molar-refractivity contribution in [2.45, 2.75) is 44.9 Å². The number of aliphatic hydroxyl groups excluding tert-OH is 1. The number of carboxylic acids is 1. The van der Waals surface area contributed by atoms with Crippen molar-refractivity contribution < 1.29 is 29.0 Å². The molecule has 2 unspecified atom stereocenters. The largest absolute Gasteiger partial charge is 0.481 e. The van der Waals surface area contributed by atoms with Crippen molar-refractivity contribution in [2.75, 3.05) is 6.67 Å². The normalized spacial score (nSPS) is 14.2. The lowest BCUT2D eigenvalue weighted by atomic mass is 9.99. The highest BCUT2D eigenvalue weighted by atomic mass is 19.1. The van der Waals surface area contributed by atoms with Gasteiger partial charge in [0.1, 0.15) is 18.8 Å². The third-order valence-electron chi connectivity index (χ3n) is 4.84. The van der Waals surface area contributed by atoms with Crippen LogP contribution in [0.4, 0.5) is 4.39 Å². The van der Waals surface area contributed by atoms with Crippen LogP contribution in [-0.4, -0.2) is 52.9 Å². The number of aliphatic hydroxyl groups is 1. The highest BCUT2D eigenvalue weighted by molar-refractivity contribution is 5.92. The van der Waals surface area contributed by atoms with E-state index in [1.54, 1.807) is 13.8 Å². The molecule has 0 aliphatic carbocycles. The topological polar surface area (TPSA) is 116 Å². The molecule has 2 rings (SSSR count). The van der Waals surface area contributed by atoms with Crippen molar-refractivity contribution in [3.05, 3.63) is 48.0 Å². The van der Waals surface area contributed by atoms with E-state index in [9.17, 15) is 23.9 Å². The molecule has 0 radical (unpaired) electrons. The number of alkyl halides is 1. The highest BCUT2D eigenvalue weighted by Crippen LogP contribution is 2.19. The molecule has 0 saturated heterocycles. The van der Waals surface area contributed by atoms with Crippen LogP contribution in [0.15, 0.2) is 42.5 Å². The van der Waals surface area contributed by atoms with E-state index in [1.807, 2.05) is 42.5 Å². The van der Waals surface area contributed by atoms with Crippen molar-refractivity contribution >= 4 is 28.6 Å². The average molecular weight is 418 g/mol. The molecule has 2 aromatic carbocycles. The molecule has 0 saturated carbocycles. The van der Waals surface area contributed by atoms with E-state index in [4.69, 9.17) is 5.11 Å². The second-order valence-corrected chi connectivity index (χ2v) is 7.54. The first kappa shape index (κ1) is 23.3. The van der Waals surface area contributed by atoms with E-state index in [2.05, 4.69) is 10.6 Å². The molecule has 0 fully saturated rings. The lowest BCUT2D eigenvalue weighted by Gasteiger charge is -2.26. The number of hydrogen-bond acceptors (Lipinski definition) is 4. The molecular formula is C22H27FN2O5. The Morgan fingerprint density at radius 2 is 1.70 bits per heavy atom. The number of rotatable bonds is 10. The van der Waals surface area contributed by atoms with Gasteiger partial charge >= 0.3 is 5.97 Å². The maximum atomic E-state index is 12.8. The van der Waals surface area contributed by atoms with Gasteiger partial charge in [0.15, 0.2) is 0 Å². The van der Waals surface area contributed by atoms with Crippen LogP contribution < -0.4 is 10.6 Å². The predicted molar refractivity (Wildman–Crippen MR) is 111 cm³/mol. The quantitative estimate of drug-likeness (QED) is 0.470. The van der Waals surface area contributed by atoms with E-state index in [0.29, 0.717) is 0 Å². The van der Waals surface area contributed by atoms with Gasteiger partial charge in [-0.05, 0) is 22.3 Å². The zero-order chi connectivity index (χ0) is 22.3. The minimum absolute atomic E-state index is 0.0590. The summed E-state index contributed by atoms with van der Waals surface area (Å²) in [5.74, 6) is -2.64. The molecule has 3 atom stereocenters. The summed E-state index contributed by atoms with van der Waals surface area (Å²) in [5.41, 5.74) is 0.810. The number of halogens is 1. The number of carboxylic acid groups (broad SMARTS) is 1. The van der Waals surface area contributed by atoms with Crippen molar-refractivity contribution in [2.24, 2.45) is 5.92 Å². The van der Waals surface area contributed by atoms with Crippen LogP contribution in [0.25, 0.3) is 10.8 Å². The van der Waals surface area contributed by atoms with Gasteiger partial charge in [0.2, 0.25) is 11.8 Å². The van der Waals surface area contributed by atoms with Gasteiger partial charge in [-0.1, -0.05) is 56.3 Å². The van der Waals surface area contributed by atoms with E-state index in [0.717, 1.165) is 16.3 Å². The van der Waals surface area contributed by atoms with Gasteiger partial charge in [0.25, 0.3) is 0 Å². The summed E-state index contributed by atoms with van der Waals surface area (Å²) in [6.45, 7) is 2.25. The number of aliphatic carboxylic acids is 1. The predicted octanol–water partition coefficient (Wildman–Crippen LogP) is 1.81. The Morgan fingerprint density at radius 3 is 2.33 bits per heavy atom. The van der Waals surface area contributed by atoms with Crippen LogP contribution in [0.2, 0.25) is 0 Å². The number of amides is 2. The maximum Gasteiger partial charge on any atom is 0.305 e. The summed E-state index contributed by atoms with van der Waals surface area (Å²) in [5, 5.41) is 25.6. The minimum Gasteiger partial charge on any atom is -0.481 e. The van der Waals surface area contributed by atoms with E-state index in [-0.39, 0.29) is 18.2 Å². The first-order valence-electron chi connectivity index (χ1n) is 9.75. The summed E-state index contributed by atoms with van der Waals surface area (Å²) >= 11 is 0. The van der Waals surface area contributed by atoms with Gasteiger partial charge in [0.05, 0.1) is 18.9 Å². The first-order valence-corrected chi connectivity index (χ1v) is 9.75. The Hall–Kier alpha value is -3.00. The molecular weight excluding hydrogens is 391 g/mol. The Labute approximate surface area is 174 Å². The Bertz CT molecular complexity index is 897. The van der Waals surface area contributed by atoms with Gasteiger partial charge in [-0.15, -0.1) is 0 Å². The lowest BCUT2D eigenvalue weighted by Crippen LogP contribution is -2.55. The second kappa shape index (κ2) is 10.7. The third kappa shape index (κ3) is 6.25. The lowest BCUT2D eigenvalue weighted by molar-refractivity contribution is -0.139. The molecule has 0 aliphatic heterocycles. The summed E-state index contributed by atoms with van der Waals surface area (Å²) in [6.07, 6.45) is -2.22. The summed E-state index contributed by atoms with van der Waals surface area (Å²) < 4.78 is 12.8. The van der Waals surface area contributed by atoms with Crippen LogP contribution in [0.1, 0.15) is 25.8 Å². The van der Waals surface area contributed by atoms with Crippen molar-refractivity contribution in [1.82, 2.24) is 10.6 Å². The second-order valence-electron chi connectivity index (χ2n) is 7.54. The van der Waals surface area contributed by atoms with Gasteiger partial charge in [-0.25, -0.2) is 4.39 Å². The van der Waals surface area contributed by atoms with Gasteiger partial charge in [0, 0.05) is 0 Å². The number of carbonyl (C=O) groups excluding carboxylic acids is 2. The fourth-order valence-corrected chi connectivity index (χ4v) is 3.23. The molecule has 0 aromatic heterocycles. The Kier molecular flexibility index (Phi) is 8.29. The van der Waals surface area contributed by atoms with E-state index in [1.165, 1.54) is 0 Å². The Morgan fingerprint density at radius 1 is 1.03 bits per heavy atom. The number of hydrogen-bond donors (Lipinski definition) is 4. The molecule has 7 nitrogen and oxygen atoms in total. The minimum atomic E-state index is -1.65. The molecule has 0 aliphatic rings. The molecule has 30 heavy (non-hydrogen) atoms.